The van der Waals surface area contributed by atoms with Crippen LogP contribution in [0.5, 0.6) is 0 Å². The molecule has 1 aliphatic carbocycles. The lowest BCUT2D eigenvalue weighted by atomic mass is 10.0. The molecule has 1 aliphatic rings. The average molecular weight is 242 g/mol. The number of esters is 1. The third-order valence-electron chi connectivity index (χ3n) is 2.85. The van der Waals surface area contributed by atoms with Gasteiger partial charge in [0.25, 0.3) is 0 Å². The zero-order valence-electron chi connectivity index (χ0n) is 11.2. The van der Waals surface area contributed by atoms with E-state index < -0.39 is 0 Å². The molecule has 0 saturated heterocycles. The zero-order chi connectivity index (χ0) is 12.4. The minimum absolute atomic E-state index is 0. The lowest BCUT2D eigenvalue weighted by molar-refractivity contribution is -0.136. The van der Waals surface area contributed by atoms with Crippen molar-refractivity contribution < 1.29 is 9.53 Å². The minimum atomic E-state index is -0.136. The number of ether oxygens (including phenoxy) is 1. The maximum Gasteiger partial charge on any atom is 0.333 e. The normalized spacial score (nSPS) is 17.4. The molecule has 0 N–H and O–H groups in total. The van der Waals surface area contributed by atoms with Crippen molar-refractivity contribution in [3.8, 4) is 0 Å². The van der Waals surface area contributed by atoms with Gasteiger partial charge in [0.05, 0.1) is 7.11 Å². The molecule has 1 rings (SSSR count). The van der Waals surface area contributed by atoms with Crippen molar-refractivity contribution in [2.75, 3.05) is 7.11 Å². The first-order valence-corrected chi connectivity index (χ1v) is 6.57. The molecule has 0 heterocycles. The van der Waals surface area contributed by atoms with E-state index in [2.05, 4.69) is 13.0 Å². The lowest BCUT2D eigenvalue weighted by Crippen LogP contribution is -2.01. The Bertz CT molecular complexity index is 219. The number of methoxy groups -OCH3 is 1. The molecular formula is C15H30O2. The number of hydrogen-bond acceptors (Lipinski definition) is 2. The molecule has 0 aromatic carbocycles. The Morgan fingerprint density at radius 2 is 2.06 bits per heavy atom. The molecule has 0 aromatic heterocycles. The van der Waals surface area contributed by atoms with Crippen LogP contribution in [0.3, 0.4) is 0 Å². The fraction of sp³-hybridized carbons (Fsp3) is 0.800. The maximum absolute atomic E-state index is 11.2. The predicted octanol–water partition coefficient (Wildman–Crippen LogP) is 4.74. The highest BCUT2D eigenvalue weighted by Gasteiger charge is 2.20. The van der Waals surface area contributed by atoms with Gasteiger partial charge in [0.15, 0.2) is 0 Å². The van der Waals surface area contributed by atoms with Crippen LogP contribution in [0.2, 0.25) is 0 Å². The Morgan fingerprint density at radius 1 is 1.41 bits per heavy atom. The van der Waals surface area contributed by atoms with Gasteiger partial charge in [-0.25, -0.2) is 4.79 Å². The summed E-state index contributed by atoms with van der Waals surface area (Å²) in [6, 6.07) is 0. The van der Waals surface area contributed by atoms with Gasteiger partial charge in [-0.3, -0.25) is 0 Å². The Kier molecular flexibility index (Phi) is 12.8. The second kappa shape index (κ2) is 11.7. The van der Waals surface area contributed by atoms with E-state index in [-0.39, 0.29) is 13.4 Å². The molecule has 0 saturated carbocycles. The predicted molar refractivity (Wildman–Crippen MR) is 75.0 cm³/mol. The first kappa shape index (κ1) is 18.6. The van der Waals surface area contributed by atoms with Gasteiger partial charge < -0.3 is 4.74 Å². The van der Waals surface area contributed by atoms with Gasteiger partial charge >= 0.3 is 5.97 Å². The Morgan fingerprint density at radius 3 is 2.59 bits per heavy atom. The van der Waals surface area contributed by atoms with Gasteiger partial charge in [0.2, 0.25) is 0 Å². The van der Waals surface area contributed by atoms with Crippen LogP contribution >= 0.6 is 0 Å². The summed E-state index contributed by atoms with van der Waals surface area (Å²) >= 11 is 0. The summed E-state index contributed by atoms with van der Waals surface area (Å²) in [5.74, 6) is 0.485. The van der Waals surface area contributed by atoms with Crippen molar-refractivity contribution >= 4 is 5.97 Å². The Balaban J connectivity index is 0. The molecule has 0 fully saturated rings. The SMILES string of the molecule is C.CC.CCCCCC1C=C(C(=O)OC)CC1. The van der Waals surface area contributed by atoms with E-state index in [1.807, 2.05) is 13.8 Å². The fourth-order valence-corrected chi connectivity index (χ4v) is 1.98. The van der Waals surface area contributed by atoms with Gasteiger partial charge in [0, 0.05) is 5.57 Å². The summed E-state index contributed by atoms with van der Waals surface area (Å²) in [5.41, 5.74) is 0.883. The van der Waals surface area contributed by atoms with Gasteiger partial charge in [-0.15, -0.1) is 0 Å². The molecule has 0 aliphatic heterocycles. The molecule has 17 heavy (non-hydrogen) atoms. The van der Waals surface area contributed by atoms with Crippen LogP contribution in [0.15, 0.2) is 11.6 Å². The quantitative estimate of drug-likeness (QED) is 0.514. The van der Waals surface area contributed by atoms with Gasteiger partial charge in [-0.05, 0) is 25.2 Å². The minimum Gasteiger partial charge on any atom is -0.466 e. The third kappa shape index (κ3) is 7.19. The summed E-state index contributed by atoms with van der Waals surface area (Å²) in [6.45, 7) is 6.21. The Hall–Kier alpha value is -0.790. The number of carbonyl (C=O) groups is 1. The van der Waals surface area contributed by atoms with Crippen LogP contribution in [0.4, 0.5) is 0 Å². The molecule has 1 unspecified atom stereocenters. The number of carbonyl (C=O) groups excluding carboxylic acids is 1. The molecule has 102 valence electrons. The van der Waals surface area contributed by atoms with Crippen LogP contribution in [0.1, 0.15) is 66.7 Å². The topological polar surface area (TPSA) is 26.3 Å². The van der Waals surface area contributed by atoms with Crippen LogP contribution in [0, 0.1) is 5.92 Å². The maximum atomic E-state index is 11.2. The van der Waals surface area contributed by atoms with Gasteiger partial charge in [-0.1, -0.05) is 53.5 Å². The summed E-state index contributed by atoms with van der Waals surface area (Å²) in [6.07, 6.45) is 9.23. The van der Waals surface area contributed by atoms with Gasteiger partial charge in [-0.2, -0.15) is 0 Å². The van der Waals surface area contributed by atoms with E-state index in [1.165, 1.54) is 32.8 Å². The molecule has 0 amide bonds. The largest absolute Gasteiger partial charge is 0.466 e. The number of hydrogen-bond donors (Lipinski definition) is 0. The molecule has 0 spiro atoms. The van der Waals surface area contributed by atoms with E-state index in [0.717, 1.165) is 18.4 Å². The second-order valence-corrected chi connectivity index (χ2v) is 3.98. The molecule has 2 nitrogen and oxygen atoms in total. The smallest absolute Gasteiger partial charge is 0.333 e. The van der Waals surface area contributed by atoms with Crippen molar-refractivity contribution in [3.05, 3.63) is 11.6 Å². The first-order chi connectivity index (χ1) is 7.77. The third-order valence-corrected chi connectivity index (χ3v) is 2.85. The second-order valence-electron chi connectivity index (χ2n) is 3.98. The number of allylic oxidation sites excluding steroid dienone is 1. The summed E-state index contributed by atoms with van der Waals surface area (Å²) in [7, 11) is 1.45. The van der Waals surface area contributed by atoms with Crippen LogP contribution in [-0.2, 0) is 9.53 Å². The number of unbranched alkanes of at least 4 members (excludes halogenated alkanes) is 2. The summed E-state index contributed by atoms with van der Waals surface area (Å²) < 4.78 is 4.70. The molecule has 2 heteroatoms. The molecule has 0 radical (unpaired) electrons. The van der Waals surface area contributed by atoms with Crippen molar-refractivity contribution in [2.24, 2.45) is 5.92 Å². The monoisotopic (exact) mass is 242 g/mol. The molecule has 0 bridgehead atoms. The van der Waals surface area contributed by atoms with Crippen LogP contribution in [-0.4, -0.2) is 13.1 Å². The fourth-order valence-electron chi connectivity index (χ4n) is 1.98. The molecular weight excluding hydrogens is 212 g/mol. The van der Waals surface area contributed by atoms with E-state index in [1.54, 1.807) is 0 Å². The number of rotatable bonds is 5. The zero-order valence-corrected chi connectivity index (χ0v) is 11.2. The highest BCUT2D eigenvalue weighted by Crippen LogP contribution is 2.28. The van der Waals surface area contributed by atoms with Crippen LogP contribution in [0.25, 0.3) is 0 Å². The van der Waals surface area contributed by atoms with Crippen molar-refractivity contribution in [2.45, 2.75) is 66.7 Å². The van der Waals surface area contributed by atoms with Crippen molar-refractivity contribution in [1.29, 1.82) is 0 Å². The first-order valence-electron chi connectivity index (χ1n) is 6.57. The van der Waals surface area contributed by atoms with E-state index >= 15 is 0 Å². The van der Waals surface area contributed by atoms with Crippen molar-refractivity contribution in [3.63, 3.8) is 0 Å². The summed E-state index contributed by atoms with van der Waals surface area (Å²) in [4.78, 5) is 11.2. The van der Waals surface area contributed by atoms with Crippen LogP contribution < -0.4 is 0 Å². The summed E-state index contributed by atoms with van der Waals surface area (Å²) in [5, 5.41) is 0. The Labute approximate surface area is 107 Å². The highest BCUT2D eigenvalue weighted by atomic mass is 16.5. The van der Waals surface area contributed by atoms with E-state index in [4.69, 9.17) is 4.74 Å². The van der Waals surface area contributed by atoms with Crippen molar-refractivity contribution in [1.82, 2.24) is 0 Å². The lowest BCUT2D eigenvalue weighted by Gasteiger charge is -2.04. The molecule has 1 atom stereocenters. The highest BCUT2D eigenvalue weighted by molar-refractivity contribution is 5.88. The molecule has 0 aromatic rings. The standard InChI is InChI=1S/C12H20O2.C2H6.CH4/c1-3-4-5-6-10-7-8-11(9-10)12(13)14-2;1-2;/h9-10H,3-8H2,1-2H3;1-2H3;1H4. The average Bonchev–Trinajstić information content (AvgIpc) is 2.80. The van der Waals surface area contributed by atoms with E-state index in [0.29, 0.717) is 5.92 Å². The van der Waals surface area contributed by atoms with E-state index in [9.17, 15) is 4.79 Å². The van der Waals surface area contributed by atoms with Gasteiger partial charge in [0.1, 0.15) is 0 Å².